The van der Waals surface area contributed by atoms with Crippen LogP contribution >= 0.6 is 12.4 Å². The minimum Gasteiger partial charge on any atom is -0.328 e. The molecule has 0 amide bonds. The fourth-order valence-corrected chi connectivity index (χ4v) is 4.26. The summed E-state index contributed by atoms with van der Waals surface area (Å²) in [5.74, 6) is -1.30. The van der Waals surface area contributed by atoms with Crippen molar-refractivity contribution in [3.05, 3.63) is 29.6 Å². The van der Waals surface area contributed by atoms with E-state index in [-0.39, 0.29) is 37.5 Å². The third kappa shape index (κ3) is 4.38. The van der Waals surface area contributed by atoms with E-state index in [2.05, 4.69) is 0 Å². The van der Waals surface area contributed by atoms with Gasteiger partial charge in [0.05, 0.1) is 5.56 Å². The highest BCUT2D eigenvalue weighted by Crippen LogP contribution is 2.33. The van der Waals surface area contributed by atoms with Gasteiger partial charge in [0.25, 0.3) is 0 Å². The molecular weight excluding hydrogens is 372 g/mol. The van der Waals surface area contributed by atoms with Gasteiger partial charge in [-0.2, -0.15) is 17.5 Å². The van der Waals surface area contributed by atoms with Gasteiger partial charge < -0.3 is 5.73 Å². The highest BCUT2D eigenvalue weighted by molar-refractivity contribution is 7.89. The van der Waals surface area contributed by atoms with E-state index < -0.39 is 32.5 Å². The Balaban J connectivity index is 0.00000288. The van der Waals surface area contributed by atoms with Crippen molar-refractivity contribution in [3.8, 4) is 0 Å². The van der Waals surface area contributed by atoms with E-state index in [0.29, 0.717) is 24.6 Å². The number of sulfonamides is 1. The number of benzene rings is 1. The molecule has 1 aliphatic heterocycles. The van der Waals surface area contributed by atoms with Gasteiger partial charge in [-0.1, -0.05) is 0 Å². The zero-order valence-corrected chi connectivity index (χ0v) is 14.5. The first-order chi connectivity index (χ1) is 10.5. The Hall–Kier alpha value is -0.900. The average molecular weight is 391 g/mol. The van der Waals surface area contributed by atoms with Gasteiger partial charge in [0, 0.05) is 19.1 Å². The summed E-state index contributed by atoms with van der Waals surface area (Å²) in [5.41, 5.74) is 4.58. The summed E-state index contributed by atoms with van der Waals surface area (Å²) in [4.78, 5) is -0.947. The molecule has 0 radical (unpaired) electrons. The molecule has 2 unspecified atom stereocenters. The molecule has 1 heterocycles. The quantitative estimate of drug-likeness (QED) is 0.807. The van der Waals surface area contributed by atoms with E-state index >= 15 is 0 Å². The second-order valence-corrected chi connectivity index (χ2v) is 7.67. The molecule has 24 heavy (non-hydrogen) atoms. The number of nitrogens with two attached hydrogens (primary N) is 1. The van der Waals surface area contributed by atoms with Crippen molar-refractivity contribution >= 4 is 22.4 Å². The monoisotopic (exact) mass is 390 g/mol. The molecule has 1 saturated heterocycles. The predicted octanol–water partition coefficient (Wildman–Crippen LogP) is 3.01. The van der Waals surface area contributed by atoms with Crippen LogP contribution in [-0.2, 0) is 16.2 Å². The molecule has 0 bridgehead atoms. The summed E-state index contributed by atoms with van der Waals surface area (Å²) in [6.07, 6.45) is -3.48. The molecule has 1 aromatic rings. The molecular formula is C14H19ClF4N2O2S. The van der Waals surface area contributed by atoms with Crippen LogP contribution in [0.3, 0.4) is 0 Å². The Kier molecular flexibility index (Phi) is 6.65. The first kappa shape index (κ1) is 21.1. The molecule has 10 heteroatoms. The zero-order valence-electron chi connectivity index (χ0n) is 12.9. The van der Waals surface area contributed by atoms with Crippen LogP contribution < -0.4 is 5.73 Å². The van der Waals surface area contributed by atoms with E-state index in [0.717, 1.165) is 10.7 Å². The Morgan fingerprint density at radius 2 is 1.96 bits per heavy atom. The second-order valence-electron chi connectivity index (χ2n) is 5.77. The fourth-order valence-electron chi connectivity index (χ4n) is 2.64. The van der Waals surface area contributed by atoms with Gasteiger partial charge in [0.1, 0.15) is 10.7 Å². The van der Waals surface area contributed by atoms with E-state index in [4.69, 9.17) is 5.73 Å². The molecule has 1 fully saturated rings. The SMILES string of the molecule is CC(N)C1CCCN(S(=O)(=O)c2cc(C(F)(F)F)ccc2F)C1.Cl. The summed E-state index contributed by atoms with van der Waals surface area (Å²) >= 11 is 0. The van der Waals surface area contributed by atoms with Crippen LogP contribution in [-0.4, -0.2) is 31.9 Å². The number of alkyl halides is 3. The number of rotatable bonds is 3. The summed E-state index contributed by atoms with van der Waals surface area (Å²) in [5, 5.41) is 0. The molecule has 0 aliphatic carbocycles. The van der Waals surface area contributed by atoms with Crippen LogP contribution in [0.1, 0.15) is 25.3 Å². The largest absolute Gasteiger partial charge is 0.416 e. The summed E-state index contributed by atoms with van der Waals surface area (Å²) in [6, 6.07) is 1.15. The van der Waals surface area contributed by atoms with Gasteiger partial charge in [-0.25, -0.2) is 12.8 Å². The number of halogens is 5. The lowest BCUT2D eigenvalue weighted by molar-refractivity contribution is -0.137. The molecule has 2 N–H and O–H groups in total. The molecule has 138 valence electrons. The second kappa shape index (κ2) is 7.55. The normalized spacial score (nSPS) is 21.2. The van der Waals surface area contributed by atoms with Crippen LogP contribution in [0.4, 0.5) is 17.6 Å². The van der Waals surface area contributed by atoms with Crippen molar-refractivity contribution in [1.82, 2.24) is 4.31 Å². The molecule has 2 rings (SSSR count). The van der Waals surface area contributed by atoms with Crippen LogP contribution in [0.15, 0.2) is 23.1 Å². The third-order valence-electron chi connectivity index (χ3n) is 4.04. The Labute approximate surface area is 144 Å². The lowest BCUT2D eigenvalue weighted by Crippen LogP contribution is -2.45. The fraction of sp³-hybridized carbons (Fsp3) is 0.571. The lowest BCUT2D eigenvalue weighted by atomic mass is 9.93. The van der Waals surface area contributed by atoms with E-state index in [1.54, 1.807) is 6.92 Å². The molecule has 4 nitrogen and oxygen atoms in total. The Bertz CT molecular complexity index is 680. The first-order valence-electron chi connectivity index (χ1n) is 7.16. The van der Waals surface area contributed by atoms with Gasteiger partial charge in [-0.15, -0.1) is 12.4 Å². The predicted molar refractivity (Wildman–Crippen MR) is 83.8 cm³/mol. The third-order valence-corrected chi connectivity index (χ3v) is 5.92. The van der Waals surface area contributed by atoms with Crippen LogP contribution in [0.2, 0.25) is 0 Å². The van der Waals surface area contributed by atoms with E-state index in [1.807, 2.05) is 0 Å². The van der Waals surface area contributed by atoms with Crippen LogP contribution in [0.25, 0.3) is 0 Å². The van der Waals surface area contributed by atoms with E-state index in [9.17, 15) is 26.0 Å². The van der Waals surface area contributed by atoms with Crippen molar-refractivity contribution in [1.29, 1.82) is 0 Å². The average Bonchev–Trinajstić information content (AvgIpc) is 2.46. The van der Waals surface area contributed by atoms with Crippen molar-refractivity contribution < 1.29 is 26.0 Å². The maximum absolute atomic E-state index is 13.9. The maximum Gasteiger partial charge on any atom is 0.416 e. The van der Waals surface area contributed by atoms with Crippen molar-refractivity contribution in [2.75, 3.05) is 13.1 Å². The van der Waals surface area contributed by atoms with Gasteiger partial charge in [-0.05, 0) is 43.9 Å². The van der Waals surface area contributed by atoms with Crippen molar-refractivity contribution in [2.45, 2.75) is 36.9 Å². The Morgan fingerprint density at radius 3 is 2.50 bits per heavy atom. The van der Waals surface area contributed by atoms with Crippen LogP contribution in [0.5, 0.6) is 0 Å². The topological polar surface area (TPSA) is 63.4 Å². The molecule has 0 saturated carbocycles. The standard InChI is InChI=1S/C14H18F4N2O2S.ClH/c1-9(19)10-3-2-6-20(8-10)23(21,22)13-7-11(14(16,17)18)4-5-12(13)15;/h4-5,7,9-10H,2-3,6,8,19H2,1H3;1H. The van der Waals surface area contributed by atoms with E-state index in [1.165, 1.54) is 0 Å². The molecule has 0 aromatic heterocycles. The van der Waals surface area contributed by atoms with Crippen LogP contribution in [0, 0.1) is 11.7 Å². The minimum atomic E-state index is -4.74. The number of nitrogens with zero attached hydrogens (tertiary/aromatic N) is 1. The Morgan fingerprint density at radius 1 is 1.33 bits per heavy atom. The highest BCUT2D eigenvalue weighted by Gasteiger charge is 2.36. The van der Waals surface area contributed by atoms with Gasteiger partial charge in [0.15, 0.2) is 0 Å². The summed E-state index contributed by atoms with van der Waals surface area (Å²) in [6.45, 7) is 1.96. The summed E-state index contributed by atoms with van der Waals surface area (Å²) in [7, 11) is -4.34. The first-order valence-corrected chi connectivity index (χ1v) is 8.60. The molecule has 0 spiro atoms. The maximum atomic E-state index is 13.9. The van der Waals surface area contributed by atoms with Crippen molar-refractivity contribution in [3.63, 3.8) is 0 Å². The highest BCUT2D eigenvalue weighted by atomic mass is 35.5. The number of hydrogen-bond acceptors (Lipinski definition) is 3. The lowest BCUT2D eigenvalue weighted by Gasteiger charge is -2.33. The van der Waals surface area contributed by atoms with Gasteiger partial charge >= 0.3 is 6.18 Å². The van der Waals surface area contributed by atoms with Gasteiger partial charge in [0.2, 0.25) is 10.0 Å². The number of piperidine rings is 1. The number of hydrogen-bond donors (Lipinski definition) is 1. The molecule has 1 aromatic carbocycles. The molecule has 1 aliphatic rings. The van der Waals surface area contributed by atoms with Crippen molar-refractivity contribution in [2.24, 2.45) is 11.7 Å². The minimum absolute atomic E-state index is 0. The summed E-state index contributed by atoms with van der Waals surface area (Å²) < 4.78 is 78.2. The smallest absolute Gasteiger partial charge is 0.328 e. The van der Waals surface area contributed by atoms with Gasteiger partial charge in [-0.3, -0.25) is 0 Å². The zero-order chi connectivity index (χ0) is 17.4. The molecule has 2 atom stereocenters.